The van der Waals surface area contributed by atoms with E-state index in [9.17, 15) is 0 Å². The van der Waals surface area contributed by atoms with Gasteiger partial charge in [0.25, 0.3) is 0 Å². The van der Waals surface area contributed by atoms with E-state index in [1.807, 2.05) is 37.3 Å². The summed E-state index contributed by atoms with van der Waals surface area (Å²) in [5.74, 6) is 1.26. The standard InChI is InChI=1S/C16H17ClN2O/c1-11-4-7-15(14(17)9-11)20-16-12(3-2-8-18-16)10-19-13-5-6-13/h2-4,7-9,13,19H,5-6,10H2,1H3. The van der Waals surface area contributed by atoms with Crippen molar-refractivity contribution in [1.82, 2.24) is 10.3 Å². The molecule has 1 aromatic carbocycles. The number of hydrogen-bond donors (Lipinski definition) is 1. The Morgan fingerprint density at radius 1 is 1.35 bits per heavy atom. The summed E-state index contributed by atoms with van der Waals surface area (Å²) in [6, 6.07) is 10.4. The van der Waals surface area contributed by atoms with Gasteiger partial charge in [0.1, 0.15) is 5.75 Å². The van der Waals surface area contributed by atoms with Crippen LogP contribution in [0, 0.1) is 6.92 Å². The summed E-state index contributed by atoms with van der Waals surface area (Å²) in [5, 5.41) is 4.08. The predicted octanol–water partition coefficient (Wildman–Crippen LogP) is 4.09. The summed E-state index contributed by atoms with van der Waals surface area (Å²) in [6.45, 7) is 2.78. The van der Waals surface area contributed by atoms with Gasteiger partial charge in [-0.2, -0.15) is 0 Å². The van der Waals surface area contributed by atoms with Gasteiger partial charge in [-0.15, -0.1) is 0 Å². The number of rotatable bonds is 5. The zero-order valence-corrected chi connectivity index (χ0v) is 12.2. The molecule has 0 atom stereocenters. The van der Waals surface area contributed by atoms with E-state index in [1.165, 1.54) is 12.8 Å². The van der Waals surface area contributed by atoms with Crippen molar-refractivity contribution in [2.45, 2.75) is 32.4 Å². The minimum absolute atomic E-state index is 0.608. The van der Waals surface area contributed by atoms with Crippen LogP contribution in [0.2, 0.25) is 5.02 Å². The van der Waals surface area contributed by atoms with Gasteiger partial charge in [-0.05, 0) is 43.5 Å². The van der Waals surface area contributed by atoms with Gasteiger partial charge in [-0.3, -0.25) is 0 Å². The third kappa shape index (κ3) is 3.30. The van der Waals surface area contributed by atoms with Crippen LogP contribution in [-0.2, 0) is 6.54 Å². The molecule has 0 amide bonds. The van der Waals surface area contributed by atoms with Crippen molar-refractivity contribution in [2.24, 2.45) is 0 Å². The molecule has 104 valence electrons. The number of aryl methyl sites for hydroxylation is 1. The third-order valence-electron chi connectivity index (χ3n) is 3.30. The molecule has 1 aliphatic carbocycles. The smallest absolute Gasteiger partial charge is 0.223 e. The van der Waals surface area contributed by atoms with E-state index < -0.39 is 0 Å². The lowest BCUT2D eigenvalue weighted by molar-refractivity contribution is 0.453. The second-order valence-corrected chi connectivity index (χ2v) is 5.57. The SMILES string of the molecule is Cc1ccc(Oc2ncccc2CNC2CC2)c(Cl)c1. The van der Waals surface area contributed by atoms with E-state index in [0.717, 1.165) is 17.7 Å². The van der Waals surface area contributed by atoms with Crippen LogP contribution in [0.4, 0.5) is 0 Å². The molecule has 0 unspecified atom stereocenters. The van der Waals surface area contributed by atoms with E-state index in [0.29, 0.717) is 22.7 Å². The quantitative estimate of drug-likeness (QED) is 0.900. The molecule has 0 aliphatic heterocycles. The molecule has 1 fully saturated rings. The molecule has 0 spiro atoms. The zero-order chi connectivity index (χ0) is 13.9. The van der Waals surface area contributed by atoms with Crippen LogP contribution in [0.5, 0.6) is 11.6 Å². The van der Waals surface area contributed by atoms with Crippen LogP contribution in [-0.4, -0.2) is 11.0 Å². The lowest BCUT2D eigenvalue weighted by Crippen LogP contribution is -2.16. The van der Waals surface area contributed by atoms with Crippen LogP contribution < -0.4 is 10.1 Å². The summed E-state index contributed by atoms with van der Waals surface area (Å²) in [4.78, 5) is 4.32. The fourth-order valence-corrected chi connectivity index (χ4v) is 2.26. The molecule has 0 saturated heterocycles. The Hall–Kier alpha value is -1.58. The zero-order valence-electron chi connectivity index (χ0n) is 11.4. The molecule has 1 aromatic heterocycles. The van der Waals surface area contributed by atoms with Crippen molar-refractivity contribution in [1.29, 1.82) is 0 Å². The van der Waals surface area contributed by atoms with Crippen LogP contribution in [0.15, 0.2) is 36.5 Å². The van der Waals surface area contributed by atoms with E-state index in [1.54, 1.807) is 6.20 Å². The van der Waals surface area contributed by atoms with Gasteiger partial charge in [-0.1, -0.05) is 23.7 Å². The summed E-state index contributed by atoms with van der Waals surface area (Å²) < 4.78 is 5.86. The Morgan fingerprint density at radius 3 is 2.95 bits per heavy atom. The number of nitrogens with zero attached hydrogens (tertiary/aromatic N) is 1. The van der Waals surface area contributed by atoms with Crippen molar-refractivity contribution < 1.29 is 4.74 Å². The first-order valence-corrected chi connectivity index (χ1v) is 7.21. The molecule has 1 N–H and O–H groups in total. The van der Waals surface area contributed by atoms with E-state index in [4.69, 9.17) is 16.3 Å². The van der Waals surface area contributed by atoms with Gasteiger partial charge in [0.2, 0.25) is 5.88 Å². The van der Waals surface area contributed by atoms with Gasteiger partial charge in [0, 0.05) is 24.3 Å². The molecule has 4 heteroatoms. The minimum atomic E-state index is 0.608. The van der Waals surface area contributed by atoms with Crippen molar-refractivity contribution >= 4 is 11.6 Å². The van der Waals surface area contributed by atoms with Crippen molar-refractivity contribution in [2.75, 3.05) is 0 Å². The average molecular weight is 289 g/mol. The molecular weight excluding hydrogens is 272 g/mol. The largest absolute Gasteiger partial charge is 0.437 e. The molecule has 2 aromatic rings. The number of halogens is 1. The third-order valence-corrected chi connectivity index (χ3v) is 3.60. The summed E-state index contributed by atoms with van der Waals surface area (Å²) in [7, 11) is 0. The molecule has 1 saturated carbocycles. The molecule has 3 nitrogen and oxygen atoms in total. The van der Waals surface area contributed by atoms with E-state index >= 15 is 0 Å². The van der Waals surface area contributed by atoms with Gasteiger partial charge in [-0.25, -0.2) is 4.98 Å². The Labute approximate surface area is 123 Å². The Bertz CT molecular complexity index is 611. The number of aromatic nitrogens is 1. The summed E-state index contributed by atoms with van der Waals surface area (Å²) in [6.07, 6.45) is 4.26. The molecule has 3 rings (SSSR count). The number of hydrogen-bond acceptors (Lipinski definition) is 3. The topological polar surface area (TPSA) is 34.1 Å². The second kappa shape index (κ2) is 5.81. The highest BCUT2D eigenvalue weighted by Crippen LogP contribution is 2.31. The van der Waals surface area contributed by atoms with Crippen LogP contribution >= 0.6 is 11.6 Å². The fraction of sp³-hybridized carbons (Fsp3) is 0.312. The maximum absolute atomic E-state index is 6.20. The Kier molecular flexibility index (Phi) is 3.90. The normalized spacial score (nSPS) is 14.3. The van der Waals surface area contributed by atoms with Crippen molar-refractivity contribution in [3.63, 3.8) is 0 Å². The van der Waals surface area contributed by atoms with Crippen LogP contribution in [0.1, 0.15) is 24.0 Å². The van der Waals surface area contributed by atoms with Crippen LogP contribution in [0.25, 0.3) is 0 Å². The first-order chi connectivity index (χ1) is 9.72. The van der Waals surface area contributed by atoms with Gasteiger partial charge in [0.15, 0.2) is 0 Å². The average Bonchev–Trinajstić information content (AvgIpc) is 3.25. The number of benzene rings is 1. The number of pyridine rings is 1. The maximum atomic E-state index is 6.20. The maximum Gasteiger partial charge on any atom is 0.223 e. The second-order valence-electron chi connectivity index (χ2n) is 5.16. The molecule has 20 heavy (non-hydrogen) atoms. The number of nitrogens with one attached hydrogen (secondary N) is 1. The Morgan fingerprint density at radius 2 is 2.20 bits per heavy atom. The lowest BCUT2D eigenvalue weighted by Gasteiger charge is -2.11. The molecular formula is C16H17ClN2O. The highest BCUT2D eigenvalue weighted by Gasteiger charge is 2.21. The molecule has 1 aliphatic rings. The van der Waals surface area contributed by atoms with Crippen molar-refractivity contribution in [3.8, 4) is 11.6 Å². The van der Waals surface area contributed by atoms with Gasteiger partial charge in [0.05, 0.1) is 5.02 Å². The van der Waals surface area contributed by atoms with Gasteiger partial charge < -0.3 is 10.1 Å². The molecule has 0 radical (unpaired) electrons. The first kappa shape index (κ1) is 13.4. The minimum Gasteiger partial charge on any atom is -0.437 e. The highest BCUT2D eigenvalue weighted by atomic mass is 35.5. The van der Waals surface area contributed by atoms with E-state index in [-0.39, 0.29) is 0 Å². The molecule has 1 heterocycles. The lowest BCUT2D eigenvalue weighted by atomic mass is 10.2. The van der Waals surface area contributed by atoms with Gasteiger partial charge >= 0.3 is 0 Å². The fourth-order valence-electron chi connectivity index (χ4n) is 1.99. The predicted molar refractivity (Wildman–Crippen MR) is 80.4 cm³/mol. The summed E-state index contributed by atoms with van der Waals surface area (Å²) >= 11 is 6.20. The van der Waals surface area contributed by atoms with E-state index in [2.05, 4.69) is 10.3 Å². The Balaban J connectivity index is 1.78. The number of ether oxygens (including phenoxy) is 1. The first-order valence-electron chi connectivity index (χ1n) is 6.83. The highest BCUT2D eigenvalue weighted by molar-refractivity contribution is 6.32. The van der Waals surface area contributed by atoms with Crippen molar-refractivity contribution in [3.05, 3.63) is 52.7 Å². The van der Waals surface area contributed by atoms with Crippen LogP contribution in [0.3, 0.4) is 0 Å². The monoisotopic (exact) mass is 288 g/mol. The molecule has 0 bridgehead atoms. The summed E-state index contributed by atoms with van der Waals surface area (Å²) in [5.41, 5.74) is 2.16.